The zero-order chi connectivity index (χ0) is 15.2. The van der Waals surface area contributed by atoms with Crippen LogP contribution in [0.4, 0.5) is 0 Å². The molecular weight excluding hydrogens is 309 g/mol. The summed E-state index contributed by atoms with van der Waals surface area (Å²) in [4.78, 5) is 0. The fourth-order valence-electron chi connectivity index (χ4n) is 1.95. The Hall–Kier alpha value is -1.42. The van der Waals surface area contributed by atoms with Gasteiger partial charge >= 0.3 is 0 Å². The number of benzene rings is 2. The van der Waals surface area contributed by atoms with Gasteiger partial charge in [0.2, 0.25) is 0 Å². The second kappa shape index (κ2) is 7.55. The van der Waals surface area contributed by atoms with Crippen molar-refractivity contribution in [2.75, 3.05) is 13.7 Å². The molecule has 5 heteroatoms. The summed E-state index contributed by atoms with van der Waals surface area (Å²) in [6, 6.07) is 11.1. The van der Waals surface area contributed by atoms with E-state index in [1.54, 1.807) is 19.2 Å². The number of methoxy groups -OCH3 is 1. The molecule has 0 aliphatic heterocycles. The summed E-state index contributed by atoms with van der Waals surface area (Å²) in [6.07, 6.45) is 0.744. The van der Waals surface area contributed by atoms with Gasteiger partial charge in [0.25, 0.3) is 0 Å². The normalized spacial score (nSPS) is 10.5. The molecule has 0 unspecified atom stereocenters. The number of nitrogens with two attached hydrogens (primary N) is 1. The maximum absolute atomic E-state index is 6.15. The third kappa shape index (κ3) is 4.27. The lowest BCUT2D eigenvalue weighted by Crippen LogP contribution is -2.06. The van der Waals surface area contributed by atoms with Crippen molar-refractivity contribution >= 4 is 23.2 Å². The zero-order valence-electron chi connectivity index (χ0n) is 11.7. The van der Waals surface area contributed by atoms with Gasteiger partial charge in [0.15, 0.2) is 0 Å². The van der Waals surface area contributed by atoms with Crippen molar-refractivity contribution in [1.29, 1.82) is 0 Å². The molecule has 2 N–H and O–H groups in total. The minimum atomic E-state index is 0.362. The average Bonchev–Trinajstić information content (AvgIpc) is 2.48. The Labute approximate surface area is 134 Å². The number of ether oxygens (including phenoxy) is 2. The van der Waals surface area contributed by atoms with Gasteiger partial charge in [-0.05, 0) is 36.7 Å². The lowest BCUT2D eigenvalue weighted by atomic mass is 10.1. The van der Waals surface area contributed by atoms with Gasteiger partial charge in [-0.3, -0.25) is 0 Å². The van der Waals surface area contributed by atoms with Gasteiger partial charge < -0.3 is 15.2 Å². The molecule has 112 valence electrons. The van der Waals surface area contributed by atoms with Crippen LogP contribution in [0.1, 0.15) is 11.1 Å². The topological polar surface area (TPSA) is 44.5 Å². The first-order valence-corrected chi connectivity index (χ1v) is 7.33. The van der Waals surface area contributed by atoms with Gasteiger partial charge in [-0.1, -0.05) is 35.3 Å². The maximum atomic E-state index is 6.15. The lowest BCUT2D eigenvalue weighted by molar-refractivity contribution is 0.300. The van der Waals surface area contributed by atoms with Crippen LogP contribution in [0.5, 0.6) is 11.5 Å². The van der Waals surface area contributed by atoms with Crippen LogP contribution in [-0.2, 0) is 13.0 Å². The van der Waals surface area contributed by atoms with Crippen LogP contribution in [0.25, 0.3) is 0 Å². The molecule has 0 saturated heterocycles. The summed E-state index contributed by atoms with van der Waals surface area (Å²) >= 11 is 12.0. The van der Waals surface area contributed by atoms with E-state index >= 15 is 0 Å². The van der Waals surface area contributed by atoms with E-state index in [-0.39, 0.29) is 0 Å². The Morgan fingerprint density at radius 3 is 2.48 bits per heavy atom. The van der Waals surface area contributed by atoms with Gasteiger partial charge in [0.05, 0.1) is 7.11 Å². The Balaban J connectivity index is 2.17. The van der Waals surface area contributed by atoms with Crippen LogP contribution in [0.15, 0.2) is 36.4 Å². The van der Waals surface area contributed by atoms with Gasteiger partial charge in [-0.2, -0.15) is 0 Å². The zero-order valence-corrected chi connectivity index (χ0v) is 13.2. The SMILES string of the molecule is COc1ccc(CCN)c(OCc2ccc(Cl)cc2Cl)c1. The summed E-state index contributed by atoms with van der Waals surface area (Å²) in [7, 11) is 1.62. The first-order valence-electron chi connectivity index (χ1n) is 6.57. The number of rotatable bonds is 6. The molecule has 0 aliphatic rings. The Morgan fingerprint density at radius 1 is 1.05 bits per heavy atom. The molecule has 2 aromatic carbocycles. The Kier molecular flexibility index (Phi) is 5.74. The molecule has 2 rings (SSSR count). The molecule has 2 aromatic rings. The highest BCUT2D eigenvalue weighted by Gasteiger charge is 2.08. The number of hydrogen-bond acceptors (Lipinski definition) is 3. The van der Waals surface area contributed by atoms with E-state index in [1.807, 2.05) is 24.3 Å². The molecule has 0 aliphatic carbocycles. The van der Waals surface area contributed by atoms with Crippen molar-refractivity contribution in [3.05, 3.63) is 57.6 Å². The van der Waals surface area contributed by atoms with Gasteiger partial charge in [0.1, 0.15) is 18.1 Å². The quantitative estimate of drug-likeness (QED) is 0.870. The Morgan fingerprint density at radius 2 is 1.81 bits per heavy atom. The van der Waals surface area contributed by atoms with Crippen LogP contribution >= 0.6 is 23.2 Å². The largest absolute Gasteiger partial charge is 0.497 e. The summed E-state index contributed by atoms with van der Waals surface area (Å²) in [5.74, 6) is 1.50. The van der Waals surface area contributed by atoms with Gasteiger partial charge in [-0.25, -0.2) is 0 Å². The van der Waals surface area contributed by atoms with E-state index in [2.05, 4.69) is 0 Å². The first-order chi connectivity index (χ1) is 10.1. The Bertz CT molecular complexity index is 617. The molecule has 0 spiro atoms. The summed E-state index contributed by atoms with van der Waals surface area (Å²) in [5, 5.41) is 1.19. The monoisotopic (exact) mass is 325 g/mol. The van der Waals surface area contributed by atoms with Crippen LogP contribution in [0.3, 0.4) is 0 Å². The molecule has 3 nitrogen and oxygen atoms in total. The van der Waals surface area contributed by atoms with Crippen LogP contribution in [-0.4, -0.2) is 13.7 Å². The molecule has 0 bridgehead atoms. The average molecular weight is 326 g/mol. The molecule has 0 heterocycles. The maximum Gasteiger partial charge on any atom is 0.126 e. The van der Waals surface area contributed by atoms with Crippen LogP contribution in [0, 0.1) is 0 Å². The van der Waals surface area contributed by atoms with E-state index in [0.717, 1.165) is 29.0 Å². The minimum absolute atomic E-state index is 0.362. The van der Waals surface area contributed by atoms with E-state index < -0.39 is 0 Å². The third-order valence-electron chi connectivity index (χ3n) is 3.09. The van der Waals surface area contributed by atoms with E-state index in [1.165, 1.54) is 0 Å². The van der Waals surface area contributed by atoms with Crippen molar-refractivity contribution in [1.82, 2.24) is 0 Å². The predicted molar refractivity (Wildman–Crippen MR) is 86.5 cm³/mol. The summed E-state index contributed by atoms with van der Waals surface area (Å²) in [5.41, 5.74) is 7.55. The summed E-state index contributed by atoms with van der Waals surface area (Å²) in [6.45, 7) is 0.922. The van der Waals surface area contributed by atoms with Gasteiger partial charge in [0, 0.05) is 21.7 Å². The van der Waals surface area contributed by atoms with Crippen LogP contribution < -0.4 is 15.2 Å². The smallest absolute Gasteiger partial charge is 0.126 e. The lowest BCUT2D eigenvalue weighted by Gasteiger charge is -2.13. The summed E-state index contributed by atoms with van der Waals surface area (Å²) < 4.78 is 11.1. The highest BCUT2D eigenvalue weighted by atomic mass is 35.5. The molecule has 0 fully saturated rings. The second-order valence-electron chi connectivity index (χ2n) is 4.54. The highest BCUT2D eigenvalue weighted by Crippen LogP contribution is 2.27. The van der Waals surface area contributed by atoms with Crippen molar-refractivity contribution in [3.63, 3.8) is 0 Å². The van der Waals surface area contributed by atoms with Crippen LogP contribution in [0.2, 0.25) is 10.0 Å². The predicted octanol–water partition coefficient (Wildman–Crippen LogP) is 4.08. The van der Waals surface area contributed by atoms with Gasteiger partial charge in [-0.15, -0.1) is 0 Å². The van der Waals surface area contributed by atoms with Crippen molar-refractivity contribution in [2.45, 2.75) is 13.0 Å². The van der Waals surface area contributed by atoms with Crippen molar-refractivity contribution in [2.24, 2.45) is 5.73 Å². The van der Waals surface area contributed by atoms with E-state index in [0.29, 0.717) is 23.2 Å². The highest BCUT2D eigenvalue weighted by molar-refractivity contribution is 6.35. The van der Waals surface area contributed by atoms with E-state index in [4.69, 9.17) is 38.4 Å². The molecule has 0 radical (unpaired) electrons. The fraction of sp³-hybridized carbons (Fsp3) is 0.250. The molecular formula is C16H17Cl2NO2. The number of halogens is 2. The second-order valence-corrected chi connectivity index (χ2v) is 5.38. The van der Waals surface area contributed by atoms with E-state index in [9.17, 15) is 0 Å². The third-order valence-corrected chi connectivity index (χ3v) is 3.67. The molecule has 21 heavy (non-hydrogen) atoms. The minimum Gasteiger partial charge on any atom is -0.497 e. The fourth-order valence-corrected chi connectivity index (χ4v) is 2.42. The molecule has 0 amide bonds. The molecule has 0 saturated carbocycles. The first kappa shape index (κ1) is 16.0. The number of hydrogen-bond donors (Lipinski definition) is 1. The van der Waals surface area contributed by atoms with Crippen molar-refractivity contribution < 1.29 is 9.47 Å². The molecule has 0 aromatic heterocycles. The molecule has 0 atom stereocenters. The van der Waals surface area contributed by atoms with Crippen molar-refractivity contribution in [3.8, 4) is 11.5 Å². The standard InChI is InChI=1S/C16H17Cl2NO2/c1-20-14-5-3-11(6-7-19)16(9-14)21-10-12-2-4-13(17)8-15(12)18/h2-5,8-9H,6-7,10,19H2,1H3.